The number of pyridine rings is 1. The maximum Gasteiger partial charge on any atom is 0.407 e. The van der Waals surface area contributed by atoms with E-state index in [0.29, 0.717) is 0 Å². The Bertz CT molecular complexity index is 979. The van der Waals surface area contributed by atoms with Crippen molar-refractivity contribution in [1.29, 1.82) is 0 Å². The number of piperidine rings is 1. The molecule has 1 aromatic rings. The first kappa shape index (κ1) is 28.5. The first-order valence-electron chi connectivity index (χ1n) is 11.4. The molecule has 0 bridgehead atoms. The van der Waals surface area contributed by atoms with Crippen molar-refractivity contribution in [3.63, 3.8) is 0 Å². The molecule has 0 saturated carbocycles. The average Bonchev–Trinajstić information content (AvgIpc) is 2.60. The van der Waals surface area contributed by atoms with Crippen LogP contribution >= 0.6 is 15.9 Å². The Balaban J connectivity index is 2.89. The van der Waals surface area contributed by atoms with Crippen molar-refractivity contribution >= 4 is 28.0 Å². The number of aliphatic carboxylic acids is 1. The van der Waals surface area contributed by atoms with Gasteiger partial charge in [-0.3, -0.25) is 4.79 Å². The largest absolute Gasteiger partial charge is 0.481 e. The number of aliphatic hydroxyl groups is 1. The average molecular weight is 545 g/mol. The number of carbonyl (C=O) groups is 2. The van der Waals surface area contributed by atoms with Crippen LogP contribution in [-0.4, -0.2) is 49.3 Å². The van der Waals surface area contributed by atoms with E-state index in [0.717, 1.165) is 0 Å². The number of hydrogen-bond donors (Lipinski definition) is 3. The molecule has 0 aliphatic carbocycles. The van der Waals surface area contributed by atoms with Gasteiger partial charge in [-0.15, -0.1) is 0 Å². The third-order valence-corrected chi connectivity index (χ3v) is 8.04. The van der Waals surface area contributed by atoms with Crippen LogP contribution in [-0.2, 0) is 16.8 Å². The molecule has 3 atom stereocenters. The quantitative estimate of drug-likeness (QED) is 0.420. The van der Waals surface area contributed by atoms with Crippen molar-refractivity contribution in [3.8, 4) is 0 Å². The molecule has 1 aromatic heterocycles. The van der Waals surface area contributed by atoms with Gasteiger partial charge in [-0.2, -0.15) is 0 Å². The standard InChI is InChI=1S/C25H38BrFN2O5/c1-21(2,3)18-24(9,22(4,5)6)29(20(32)33)11-10-25(18,19(30)31)13-15-17(27)14(23(7,8)34)12-16(26)28-15/h12,18,34H,10-11,13H2,1-9H3,(H,30,31)(H,32,33)/t18?,24-,25-/m1/s1. The summed E-state index contributed by atoms with van der Waals surface area (Å²) in [6.07, 6.45) is -1.34. The van der Waals surface area contributed by atoms with E-state index in [1.54, 1.807) is 6.92 Å². The summed E-state index contributed by atoms with van der Waals surface area (Å²) in [6, 6.07) is 1.39. The highest BCUT2D eigenvalue weighted by molar-refractivity contribution is 9.10. The van der Waals surface area contributed by atoms with Crippen molar-refractivity contribution in [3.05, 3.63) is 27.7 Å². The first-order valence-corrected chi connectivity index (χ1v) is 12.2. The number of nitrogens with zero attached hydrogens (tertiary/aromatic N) is 2. The highest BCUT2D eigenvalue weighted by Gasteiger charge is 2.66. The molecule has 0 aromatic carbocycles. The topological polar surface area (TPSA) is 111 Å². The van der Waals surface area contributed by atoms with Crippen LogP contribution in [0.2, 0.25) is 0 Å². The van der Waals surface area contributed by atoms with Crippen molar-refractivity contribution in [2.24, 2.45) is 22.2 Å². The molecule has 192 valence electrons. The van der Waals surface area contributed by atoms with Gasteiger partial charge < -0.3 is 20.2 Å². The minimum absolute atomic E-state index is 0.00401. The van der Waals surface area contributed by atoms with Gasteiger partial charge in [-0.25, -0.2) is 14.2 Å². The SMILES string of the molecule is CC(C)(O)c1cc(Br)nc(C[C@]2(C(=O)O)CCN(C(=O)O)[C@@](C)(C(C)(C)C)C2C(C)(C)C)c1F. The Morgan fingerprint density at radius 1 is 1.18 bits per heavy atom. The third kappa shape index (κ3) is 4.70. The van der Waals surface area contributed by atoms with Gasteiger partial charge in [0, 0.05) is 24.4 Å². The van der Waals surface area contributed by atoms with Crippen molar-refractivity contribution in [2.45, 2.75) is 86.3 Å². The van der Waals surface area contributed by atoms with E-state index in [-0.39, 0.29) is 35.2 Å². The lowest BCUT2D eigenvalue weighted by atomic mass is 9.47. The van der Waals surface area contributed by atoms with Crippen LogP contribution < -0.4 is 0 Å². The summed E-state index contributed by atoms with van der Waals surface area (Å²) < 4.78 is 15.9. The number of rotatable bonds is 4. The van der Waals surface area contributed by atoms with Crippen LogP contribution in [0.5, 0.6) is 0 Å². The van der Waals surface area contributed by atoms with E-state index in [1.807, 2.05) is 41.5 Å². The summed E-state index contributed by atoms with van der Waals surface area (Å²) in [5.41, 5.74) is -5.44. The van der Waals surface area contributed by atoms with Gasteiger partial charge in [0.05, 0.1) is 22.2 Å². The Labute approximate surface area is 209 Å². The molecule has 2 heterocycles. The molecule has 3 N–H and O–H groups in total. The number of hydrogen-bond acceptors (Lipinski definition) is 4. The lowest BCUT2D eigenvalue weighted by Gasteiger charge is -2.64. The number of carboxylic acids is 1. The summed E-state index contributed by atoms with van der Waals surface area (Å²) in [6.45, 7) is 16.1. The molecule has 1 amide bonds. The van der Waals surface area contributed by atoms with Gasteiger partial charge in [-0.1, -0.05) is 41.5 Å². The molecule has 1 saturated heterocycles. The van der Waals surface area contributed by atoms with Crippen molar-refractivity contribution < 1.29 is 29.3 Å². The fraction of sp³-hybridized carbons (Fsp3) is 0.720. The fourth-order valence-corrected chi connectivity index (χ4v) is 6.53. The van der Waals surface area contributed by atoms with E-state index in [9.17, 15) is 24.9 Å². The number of aromatic nitrogens is 1. The maximum absolute atomic E-state index is 15.7. The molecule has 1 fully saturated rings. The molecule has 1 aliphatic rings. The monoisotopic (exact) mass is 544 g/mol. The number of amides is 1. The molecular weight excluding hydrogens is 507 g/mol. The molecule has 34 heavy (non-hydrogen) atoms. The van der Waals surface area contributed by atoms with Gasteiger partial charge in [0.15, 0.2) is 5.82 Å². The Morgan fingerprint density at radius 3 is 2.09 bits per heavy atom. The van der Waals surface area contributed by atoms with Gasteiger partial charge in [-0.05, 0) is 60.0 Å². The number of halogens is 2. The van der Waals surface area contributed by atoms with Crippen LogP contribution in [0.3, 0.4) is 0 Å². The zero-order valence-corrected chi connectivity index (χ0v) is 23.2. The van der Waals surface area contributed by atoms with E-state index < -0.39 is 51.2 Å². The predicted molar refractivity (Wildman–Crippen MR) is 131 cm³/mol. The minimum Gasteiger partial charge on any atom is -0.481 e. The molecule has 2 rings (SSSR count). The maximum atomic E-state index is 15.7. The first-order chi connectivity index (χ1) is 15.1. The molecule has 7 nitrogen and oxygen atoms in total. The second-order valence-electron chi connectivity index (χ2n) is 12.3. The minimum atomic E-state index is -1.50. The Morgan fingerprint density at radius 2 is 1.71 bits per heavy atom. The molecule has 1 unspecified atom stereocenters. The summed E-state index contributed by atoms with van der Waals surface area (Å²) in [7, 11) is 0. The summed E-state index contributed by atoms with van der Waals surface area (Å²) in [5.74, 6) is -2.55. The molecule has 1 aliphatic heterocycles. The fourth-order valence-electron chi connectivity index (χ4n) is 6.09. The Hall–Kier alpha value is -1.74. The van der Waals surface area contributed by atoms with Crippen LogP contribution in [0, 0.1) is 28.0 Å². The van der Waals surface area contributed by atoms with E-state index in [1.165, 1.54) is 24.8 Å². The molecule has 0 spiro atoms. The lowest BCUT2D eigenvalue weighted by molar-refractivity contribution is -0.188. The van der Waals surface area contributed by atoms with E-state index >= 15 is 4.39 Å². The van der Waals surface area contributed by atoms with Crippen LogP contribution in [0.1, 0.15) is 80.0 Å². The van der Waals surface area contributed by atoms with Gasteiger partial charge >= 0.3 is 12.1 Å². The van der Waals surface area contributed by atoms with Crippen LogP contribution in [0.4, 0.5) is 9.18 Å². The molecule has 9 heteroatoms. The van der Waals surface area contributed by atoms with Crippen LogP contribution in [0.25, 0.3) is 0 Å². The smallest absolute Gasteiger partial charge is 0.407 e. The normalized spacial score (nSPS) is 26.5. The third-order valence-electron chi connectivity index (χ3n) is 7.64. The van der Waals surface area contributed by atoms with Gasteiger partial charge in [0.25, 0.3) is 0 Å². The number of carboxylic acid groups (broad SMARTS) is 2. The zero-order chi connectivity index (χ0) is 26.7. The second kappa shape index (κ2) is 8.73. The van der Waals surface area contributed by atoms with E-state index in [2.05, 4.69) is 20.9 Å². The molecule has 0 radical (unpaired) electrons. The molecular formula is C25H38BrFN2O5. The summed E-state index contributed by atoms with van der Waals surface area (Å²) in [5, 5.41) is 31.3. The predicted octanol–water partition coefficient (Wildman–Crippen LogP) is 5.67. The van der Waals surface area contributed by atoms with Gasteiger partial charge in [0.1, 0.15) is 4.60 Å². The zero-order valence-electron chi connectivity index (χ0n) is 21.6. The van der Waals surface area contributed by atoms with E-state index in [4.69, 9.17) is 0 Å². The van der Waals surface area contributed by atoms with Gasteiger partial charge in [0.2, 0.25) is 0 Å². The highest BCUT2D eigenvalue weighted by Crippen LogP contribution is 2.60. The summed E-state index contributed by atoms with van der Waals surface area (Å²) >= 11 is 3.27. The van der Waals surface area contributed by atoms with Crippen LogP contribution in [0.15, 0.2) is 10.7 Å². The number of likely N-dealkylation sites (tertiary alicyclic amines) is 1. The highest BCUT2D eigenvalue weighted by atomic mass is 79.9. The lowest BCUT2D eigenvalue weighted by Crippen LogP contribution is -2.72. The Kier molecular flexibility index (Phi) is 7.32. The van der Waals surface area contributed by atoms with Crippen molar-refractivity contribution in [1.82, 2.24) is 9.88 Å². The van der Waals surface area contributed by atoms with Crippen molar-refractivity contribution in [2.75, 3.05) is 6.54 Å². The second-order valence-corrected chi connectivity index (χ2v) is 13.1. The summed E-state index contributed by atoms with van der Waals surface area (Å²) in [4.78, 5) is 31.1.